The van der Waals surface area contributed by atoms with E-state index < -0.39 is 5.60 Å². The highest BCUT2D eigenvalue weighted by molar-refractivity contribution is 5.99. The van der Waals surface area contributed by atoms with Crippen LogP contribution in [0.4, 0.5) is 0 Å². The molecular formula is C29H42O4. The quantitative estimate of drug-likeness (QED) is 0.543. The van der Waals surface area contributed by atoms with Crippen molar-refractivity contribution in [1.29, 1.82) is 0 Å². The number of carbonyl (C=O) groups is 1. The van der Waals surface area contributed by atoms with Gasteiger partial charge in [-0.2, -0.15) is 0 Å². The van der Waals surface area contributed by atoms with Gasteiger partial charge in [-0.3, -0.25) is 4.79 Å². The number of ketones is 1. The first-order valence-corrected chi connectivity index (χ1v) is 13.1. The van der Waals surface area contributed by atoms with Crippen molar-refractivity contribution in [1.82, 2.24) is 0 Å². The molecule has 4 heteroatoms. The molecule has 5 rings (SSSR count). The summed E-state index contributed by atoms with van der Waals surface area (Å²) >= 11 is 0. The number of aliphatic hydroxyl groups is 1. The maximum Gasteiger partial charge on any atom is 0.166 e. The Labute approximate surface area is 199 Å². The molecule has 0 saturated heterocycles. The number of rotatable bonds is 4. The molecular weight excluding hydrogens is 412 g/mol. The zero-order valence-corrected chi connectivity index (χ0v) is 21.2. The third-order valence-corrected chi connectivity index (χ3v) is 10.9. The van der Waals surface area contributed by atoms with E-state index >= 15 is 0 Å². The second kappa shape index (κ2) is 8.00. The second-order valence-corrected chi connectivity index (χ2v) is 12.5. The molecule has 0 aromatic heterocycles. The Kier molecular flexibility index (Phi) is 5.63. The number of Topliss-reactive ketones (excluding diaryl/α,β-unsaturated/α-hetero) is 1. The van der Waals surface area contributed by atoms with Crippen molar-refractivity contribution in [3.8, 4) is 11.5 Å². The molecule has 182 valence electrons. The van der Waals surface area contributed by atoms with Gasteiger partial charge in [-0.1, -0.05) is 13.8 Å². The van der Waals surface area contributed by atoms with Crippen LogP contribution in [-0.4, -0.2) is 30.7 Å². The molecule has 0 unspecified atom stereocenters. The van der Waals surface area contributed by atoms with Crippen LogP contribution in [0.15, 0.2) is 18.2 Å². The summed E-state index contributed by atoms with van der Waals surface area (Å²) in [6, 6.07) is 5.60. The predicted molar refractivity (Wildman–Crippen MR) is 130 cm³/mol. The van der Waals surface area contributed by atoms with Crippen LogP contribution in [0.5, 0.6) is 11.5 Å². The molecule has 0 bridgehead atoms. The zero-order valence-electron chi connectivity index (χ0n) is 21.2. The number of carbonyl (C=O) groups excluding carboxylic acids is 1. The zero-order chi connectivity index (χ0) is 23.6. The third-order valence-electron chi connectivity index (χ3n) is 10.9. The van der Waals surface area contributed by atoms with E-state index in [1.54, 1.807) is 14.2 Å². The van der Waals surface area contributed by atoms with E-state index in [1.165, 1.54) is 25.7 Å². The molecule has 4 nitrogen and oxygen atoms in total. The first-order valence-electron chi connectivity index (χ1n) is 13.1. The van der Waals surface area contributed by atoms with E-state index in [0.717, 1.165) is 49.5 Å². The van der Waals surface area contributed by atoms with Gasteiger partial charge in [-0.15, -0.1) is 0 Å². The highest BCUT2D eigenvalue weighted by atomic mass is 16.5. The Morgan fingerprint density at radius 1 is 0.848 bits per heavy atom. The minimum absolute atomic E-state index is 0.0813. The van der Waals surface area contributed by atoms with E-state index in [4.69, 9.17) is 9.47 Å². The van der Waals surface area contributed by atoms with Crippen LogP contribution in [0, 0.1) is 40.4 Å². The number of hydrogen-bond acceptors (Lipinski definition) is 4. The molecule has 8 atom stereocenters. The number of ether oxygens (including phenoxy) is 2. The molecule has 0 radical (unpaired) electrons. The van der Waals surface area contributed by atoms with Gasteiger partial charge in [0.25, 0.3) is 0 Å². The van der Waals surface area contributed by atoms with Gasteiger partial charge in [0, 0.05) is 17.5 Å². The summed E-state index contributed by atoms with van der Waals surface area (Å²) in [6.45, 7) is 6.99. The maximum absolute atomic E-state index is 13.8. The lowest BCUT2D eigenvalue weighted by atomic mass is 9.44. The predicted octanol–water partition coefficient (Wildman–Crippen LogP) is 6.30. The normalized spacial score (nSPS) is 44.4. The van der Waals surface area contributed by atoms with Gasteiger partial charge in [0.15, 0.2) is 5.78 Å². The topological polar surface area (TPSA) is 55.8 Å². The molecule has 4 aliphatic rings. The number of fused-ring (bicyclic) bond motifs is 5. The summed E-state index contributed by atoms with van der Waals surface area (Å²) in [5.74, 6) is 4.47. The smallest absolute Gasteiger partial charge is 0.166 e. The molecule has 4 fully saturated rings. The lowest BCUT2D eigenvalue weighted by Gasteiger charge is -2.61. The minimum Gasteiger partial charge on any atom is -0.497 e. The van der Waals surface area contributed by atoms with Gasteiger partial charge < -0.3 is 14.6 Å². The van der Waals surface area contributed by atoms with Crippen LogP contribution < -0.4 is 9.47 Å². The van der Waals surface area contributed by atoms with Crippen LogP contribution >= 0.6 is 0 Å². The van der Waals surface area contributed by atoms with E-state index in [2.05, 4.69) is 13.8 Å². The molecule has 0 amide bonds. The molecule has 0 spiro atoms. The second-order valence-electron chi connectivity index (χ2n) is 12.5. The third kappa shape index (κ3) is 3.63. The standard InChI is InChI=1S/C29H42O4/c1-27(31)12-13-28(2)19(17-27)6-7-22-23-8-9-25(29(23,3)11-10-24(22)28)26(30)18-14-20(32-4)16-21(15-18)33-5/h14-16,19,22-25,31H,6-13,17H2,1-5H3/t19-,22-,23-,24-,25+,27+,28-,29-/m0/s1. The van der Waals surface area contributed by atoms with E-state index in [0.29, 0.717) is 28.7 Å². The van der Waals surface area contributed by atoms with Gasteiger partial charge in [-0.05, 0) is 111 Å². The molecule has 1 N–H and O–H groups in total. The van der Waals surface area contributed by atoms with Crippen LogP contribution in [0.1, 0.15) is 88.9 Å². The fourth-order valence-corrected chi connectivity index (χ4v) is 9.01. The number of benzene rings is 1. The summed E-state index contributed by atoms with van der Waals surface area (Å²) in [7, 11) is 3.28. The molecule has 33 heavy (non-hydrogen) atoms. The van der Waals surface area contributed by atoms with Crippen molar-refractivity contribution in [3.05, 3.63) is 23.8 Å². The highest BCUT2D eigenvalue weighted by Crippen LogP contribution is 2.68. The van der Waals surface area contributed by atoms with Crippen molar-refractivity contribution in [3.63, 3.8) is 0 Å². The Balaban J connectivity index is 1.40. The molecule has 0 heterocycles. The van der Waals surface area contributed by atoms with Gasteiger partial charge in [0.1, 0.15) is 11.5 Å². The number of hydrogen-bond donors (Lipinski definition) is 1. The molecule has 4 aliphatic carbocycles. The fraction of sp³-hybridized carbons (Fsp3) is 0.759. The van der Waals surface area contributed by atoms with Crippen LogP contribution in [0.2, 0.25) is 0 Å². The average molecular weight is 455 g/mol. The first-order chi connectivity index (χ1) is 15.6. The van der Waals surface area contributed by atoms with Gasteiger partial charge in [0.2, 0.25) is 0 Å². The van der Waals surface area contributed by atoms with Gasteiger partial charge in [-0.25, -0.2) is 0 Å². The van der Waals surface area contributed by atoms with Crippen LogP contribution in [-0.2, 0) is 0 Å². The summed E-state index contributed by atoms with van der Waals surface area (Å²) < 4.78 is 10.9. The summed E-state index contributed by atoms with van der Waals surface area (Å²) in [4.78, 5) is 13.8. The Bertz CT molecular complexity index is 900. The monoisotopic (exact) mass is 454 g/mol. The fourth-order valence-electron chi connectivity index (χ4n) is 9.01. The molecule has 1 aromatic carbocycles. The summed E-state index contributed by atoms with van der Waals surface area (Å²) in [5, 5.41) is 10.7. The maximum atomic E-state index is 13.8. The molecule has 1 aromatic rings. The Hall–Kier alpha value is -1.55. The first kappa shape index (κ1) is 23.2. The van der Waals surface area contributed by atoms with E-state index in [9.17, 15) is 9.90 Å². The van der Waals surface area contributed by atoms with Crippen molar-refractivity contribution < 1.29 is 19.4 Å². The van der Waals surface area contributed by atoms with Crippen molar-refractivity contribution in [2.24, 2.45) is 40.4 Å². The van der Waals surface area contributed by atoms with Crippen LogP contribution in [0.25, 0.3) is 0 Å². The Morgan fingerprint density at radius 3 is 2.18 bits per heavy atom. The van der Waals surface area contributed by atoms with Gasteiger partial charge >= 0.3 is 0 Å². The minimum atomic E-state index is -0.483. The lowest BCUT2D eigenvalue weighted by Crippen LogP contribution is -2.55. The molecule has 4 saturated carbocycles. The highest BCUT2D eigenvalue weighted by Gasteiger charge is 2.61. The van der Waals surface area contributed by atoms with Gasteiger partial charge in [0.05, 0.1) is 19.8 Å². The van der Waals surface area contributed by atoms with Crippen molar-refractivity contribution in [2.45, 2.75) is 84.2 Å². The van der Waals surface area contributed by atoms with Crippen molar-refractivity contribution >= 4 is 5.78 Å². The molecule has 0 aliphatic heterocycles. The van der Waals surface area contributed by atoms with E-state index in [1.807, 2.05) is 25.1 Å². The Morgan fingerprint density at radius 2 is 1.52 bits per heavy atom. The van der Waals surface area contributed by atoms with E-state index in [-0.39, 0.29) is 17.1 Å². The number of methoxy groups -OCH3 is 2. The largest absolute Gasteiger partial charge is 0.497 e. The van der Waals surface area contributed by atoms with Crippen molar-refractivity contribution in [2.75, 3.05) is 14.2 Å². The summed E-state index contributed by atoms with van der Waals surface area (Å²) in [6.07, 6.45) is 10.1. The lowest BCUT2D eigenvalue weighted by molar-refractivity contribution is -0.144. The average Bonchev–Trinajstić information content (AvgIpc) is 3.15. The SMILES string of the molecule is COc1cc(OC)cc(C(=O)[C@H]2CC[C@H]3[C@@H]4CC[C@H]5C[C@](C)(O)CC[C@]5(C)[C@H]4CC[C@]23C)c1. The summed E-state index contributed by atoms with van der Waals surface area (Å²) in [5.41, 5.74) is 0.681. The van der Waals surface area contributed by atoms with Crippen LogP contribution in [0.3, 0.4) is 0 Å².